The van der Waals surface area contributed by atoms with Crippen LogP contribution in [0.1, 0.15) is 58.6 Å². The fraction of sp³-hybridized carbons (Fsp3) is 0.667. The van der Waals surface area contributed by atoms with Crippen molar-refractivity contribution in [1.29, 1.82) is 0 Å². The summed E-state index contributed by atoms with van der Waals surface area (Å²) in [6, 6.07) is 9.19. The van der Waals surface area contributed by atoms with Crippen molar-refractivity contribution in [2.24, 2.45) is 5.73 Å². The Morgan fingerprint density at radius 2 is 1.76 bits per heavy atom. The SMILES string of the molecule is CCCCCN(C(C)C)C(CN)c1ccc(OCC)cc1. The van der Waals surface area contributed by atoms with Crippen LogP contribution in [-0.4, -0.2) is 30.6 Å². The Hall–Kier alpha value is -1.06. The average molecular weight is 292 g/mol. The molecule has 2 N–H and O–H groups in total. The van der Waals surface area contributed by atoms with Gasteiger partial charge in [0.25, 0.3) is 0 Å². The van der Waals surface area contributed by atoms with Crippen LogP contribution in [0.2, 0.25) is 0 Å². The fourth-order valence-corrected chi connectivity index (χ4v) is 2.73. The summed E-state index contributed by atoms with van der Waals surface area (Å²) in [5, 5.41) is 0. The first-order chi connectivity index (χ1) is 10.1. The predicted octanol–water partition coefficient (Wildman–Crippen LogP) is 3.99. The number of unbranched alkanes of at least 4 members (excludes halogenated alkanes) is 2. The number of ether oxygens (including phenoxy) is 1. The number of nitrogens with two attached hydrogens (primary N) is 1. The Bertz CT molecular complexity index is 375. The molecule has 1 aromatic carbocycles. The minimum atomic E-state index is 0.289. The molecule has 0 aliphatic carbocycles. The predicted molar refractivity (Wildman–Crippen MR) is 90.8 cm³/mol. The molecule has 0 bridgehead atoms. The lowest BCUT2D eigenvalue weighted by Gasteiger charge is -2.34. The largest absolute Gasteiger partial charge is 0.494 e. The molecule has 1 rings (SSSR count). The normalized spacial score (nSPS) is 12.9. The molecule has 0 aliphatic rings. The summed E-state index contributed by atoms with van der Waals surface area (Å²) in [5.74, 6) is 0.930. The maximum atomic E-state index is 6.07. The zero-order valence-corrected chi connectivity index (χ0v) is 14.1. The molecule has 0 spiro atoms. The molecule has 0 saturated carbocycles. The molecule has 0 fully saturated rings. The third-order valence-corrected chi connectivity index (χ3v) is 3.88. The Balaban J connectivity index is 2.81. The molecule has 21 heavy (non-hydrogen) atoms. The van der Waals surface area contributed by atoms with Crippen molar-refractivity contribution in [2.75, 3.05) is 19.7 Å². The molecule has 1 aromatic rings. The van der Waals surface area contributed by atoms with Crippen LogP contribution in [0.5, 0.6) is 5.75 Å². The van der Waals surface area contributed by atoms with E-state index in [1.54, 1.807) is 0 Å². The van der Waals surface area contributed by atoms with E-state index in [9.17, 15) is 0 Å². The Labute approximate surface area is 130 Å². The monoisotopic (exact) mass is 292 g/mol. The van der Waals surface area contributed by atoms with Gasteiger partial charge < -0.3 is 10.5 Å². The first-order valence-electron chi connectivity index (χ1n) is 8.32. The number of benzene rings is 1. The van der Waals surface area contributed by atoms with Gasteiger partial charge in [0.15, 0.2) is 0 Å². The number of nitrogens with zero attached hydrogens (tertiary/aromatic N) is 1. The van der Waals surface area contributed by atoms with E-state index in [2.05, 4.69) is 37.8 Å². The maximum absolute atomic E-state index is 6.07. The Kier molecular flexibility index (Phi) is 8.40. The highest BCUT2D eigenvalue weighted by Gasteiger charge is 2.21. The van der Waals surface area contributed by atoms with Gasteiger partial charge in [-0.2, -0.15) is 0 Å². The van der Waals surface area contributed by atoms with Gasteiger partial charge in [-0.15, -0.1) is 0 Å². The van der Waals surface area contributed by atoms with E-state index >= 15 is 0 Å². The van der Waals surface area contributed by atoms with Gasteiger partial charge in [0.2, 0.25) is 0 Å². The van der Waals surface area contributed by atoms with E-state index in [1.807, 2.05) is 19.1 Å². The second kappa shape index (κ2) is 9.80. The summed E-state index contributed by atoms with van der Waals surface area (Å²) in [4.78, 5) is 2.52. The van der Waals surface area contributed by atoms with Crippen LogP contribution in [0.15, 0.2) is 24.3 Å². The molecular weight excluding hydrogens is 260 g/mol. The van der Waals surface area contributed by atoms with Gasteiger partial charge in [0.1, 0.15) is 5.75 Å². The van der Waals surface area contributed by atoms with E-state index in [4.69, 9.17) is 10.5 Å². The molecule has 3 nitrogen and oxygen atoms in total. The average Bonchev–Trinajstić information content (AvgIpc) is 2.48. The van der Waals surface area contributed by atoms with Crippen LogP contribution in [0.25, 0.3) is 0 Å². The molecule has 0 radical (unpaired) electrons. The minimum Gasteiger partial charge on any atom is -0.494 e. The first kappa shape index (κ1) is 18.0. The van der Waals surface area contributed by atoms with Crippen molar-refractivity contribution in [3.63, 3.8) is 0 Å². The van der Waals surface area contributed by atoms with Gasteiger partial charge in [-0.25, -0.2) is 0 Å². The van der Waals surface area contributed by atoms with Gasteiger partial charge in [-0.1, -0.05) is 31.9 Å². The standard InChI is InChI=1S/C18H32N2O/c1-5-7-8-13-20(15(3)4)18(14-19)16-9-11-17(12-10-16)21-6-2/h9-12,15,18H,5-8,13-14,19H2,1-4H3. The summed E-state index contributed by atoms with van der Waals surface area (Å²) < 4.78 is 5.52. The smallest absolute Gasteiger partial charge is 0.119 e. The van der Waals surface area contributed by atoms with Gasteiger partial charge in [0, 0.05) is 18.6 Å². The van der Waals surface area contributed by atoms with Crippen molar-refractivity contribution in [3.05, 3.63) is 29.8 Å². The zero-order chi connectivity index (χ0) is 15.7. The van der Waals surface area contributed by atoms with Crippen LogP contribution in [0.4, 0.5) is 0 Å². The Morgan fingerprint density at radius 3 is 2.24 bits per heavy atom. The molecule has 0 amide bonds. The quantitative estimate of drug-likeness (QED) is 0.663. The number of rotatable bonds is 10. The second-order valence-corrected chi connectivity index (χ2v) is 5.79. The highest BCUT2D eigenvalue weighted by molar-refractivity contribution is 5.29. The van der Waals surface area contributed by atoms with E-state index in [0.29, 0.717) is 19.2 Å². The van der Waals surface area contributed by atoms with E-state index < -0.39 is 0 Å². The van der Waals surface area contributed by atoms with Crippen molar-refractivity contribution in [3.8, 4) is 5.75 Å². The molecule has 3 heteroatoms. The lowest BCUT2D eigenvalue weighted by atomic mass is 10.0. The molecule has 0 saturated heterocycles. The second-order valence-electron chi connectivity index (χ2n) is 5.79. The van der Waals surface area contributed by atoms with Crippen molar-refractivity contribution < 1.29 is 4.74 Å². The summed E-state index contributed by atoms with van der Waals surface area (Å²) >= 11 is 0. The maximum Gasteiger partial charge on any atom is 0.119 e. The van der Waals surface area contributed by atoms with Crippen LogP contribution in [0.3, 0.4) is 0 Å². The van der Waals surface area contributed by atoms with Gasteiger partial charge in [-0.05, 0) is 51.4 Å². The summed E-state index contributed by atoms with van der Waals surface area (Å²) in [5.41, 5.74) is 7.36. The molecule has 1 atom stereocenters. The molecule has 0 aromatic heterocycles. The molecule has 1 unspecified atom stereocenters. The van der Waals surface area contributed by atoms with Crippen LogP contribution in [-0.2, 0) is 0 Å². The lowest BCUT2D eigenvalue weighted by molar-refractivity contribution is 0.154. The van der Waals surface area contributed by atoms with Crippen molar-refractivity contribution in [1.82, 2.24) is 4.90 Å². The lowest BCUT2D eigenvalue weighted by Crippen LogP contribution is -2.39. The first-order valence-corrected chi connectivity index (χ1v) is 8.32. The zero-order valence-electron chi connectivity index (χ0n) is 14.1. The third kappa shape index (κ3) is 5.68. The molecular formula is C18H32N2O. The summed E-state index contributed by atoms with van der Waals surface area (Å²) in [6.07, 6.45) is 3.77. The van der Waals surface area contributed by atoms with Crippen molar-refractivity contribution >= 4 is 0 Å². The van der Waals surface area contributed by atoms with Crippen LogP contribution >= 0.6 is 0 Å². The van der Waals surface area contributed by atoms with Gasteiger partial charge in [-0.3, -0.25) is 4.90 Å². The molecule has 0 heterocycles. The van der Waals surface area contributed by atoms with E-state index in [1.165, 1.54) is 24.8 Å². The fourth-order valence-electron chi connectivity index (χ4n) is 2.73. The van der Waals surface area contributed by atoms with Crippen LogP contribution < -0.4 is 10.5 Å². The third-order valence-electron chi connectivity index (χ3n) is 3.88. The van der Waals surface area contributed by atoms with E-state index in [-0.39, 0.29) is 6.04 Å². The van der Waals surface area contributed by atoms with Crippen molar-refractivity contribution in [2.45, 2.75) is 59.0 Å². The molecule has 120 valence electrons. The van der Waals surface area contributed by atoms with Crippen LogP contribution in [0, 0.1) is 0 Å². The topological polar surface area (TPSA) is 38.5 Å². The number of hydrogen-bond acceptors (Lipinski definition) is 3. The highest BCUT2D eigenvalue weighted by atomic mass is 16.5. The van der Waals surface area contributed by atoms with E-state index in [0.717, 1.165) is 12.3 Å². The highest BCUT2D eigenvalue weighted by Crippen LogP contribution is 2.25. The van der Waals surface area contributed by atoms with Gasteiger partial charge >= 0.3 is 0 Å². The van der Waals surface area contributed by atoms with Gasteiger partial charge in [0.05, 0.1) is 6.61 Å². The molecule has 0 aliphatic heterocycles. The summed E-state index contributed by atoms with van der Waals surface area (Å²) in [7, 11) is 0. The Morgan fingerprint density at radius 1 is 1.10 bits per heavy atom. The summed E-state index contributed by atoms with van der Waals surface area (Å²) in [6.45, 7) is 11.2. The number of hydrogen-bond donors (Lipinski definition) is 1. The minimum absolute atomic E-state index is 0.289.